The highest BCUT2D eigenvalue weighted by atomic mass is 15.1. The van der Waals surface area contributed by atoms with E-state index in [1.165, 1.54) is 51.3 Å². The topological polar surface area (TPSA) is 90.9 Å². The van der Waals surface area contributed by atoms with E-state index in [2.05, 4.69) is 20.2 Å². The molecule has 1 fully saturated rings. The molecule has 1 aliphatic heterocycles. The number of hydrogen-bond acceptors (Lipinski definition) is 6. The summed E-state index contributed by atoms with van der Waals surface area (Å²) in [5.41, 5.74) is 6.28. The van der Waals surface area contributed by atoms with E-state index < -0.39 is 0 Å². The summed E-state index contributed by atoms with van der Waals surface area (Å²) in [6.07, 6.45) is 7.92. The van der Waals surface area contributed by atoms with Gasteiger partial charge in [0.1, 0.15) is 18.0 Å². The zero-order valence-electron chi connectivity index (χ0n) is 11.2. The fourth-order valence-electron chi connectivity index (χ4n) is 2.38. The van der Waals surface area contributed by atoms with Crippen LogP contribution < -0.4 is 11.1 Å². The van der Waals surface area contributed by atoms with Crippen LogP contribution in [0.5, 0.6) is 0 Å². The van der Waals surface area contributed by atoms with Gasteiger partial charge in [-0.25, -0.2) is 9.97 Å². The molecule has 6 heteroatoms. The van der Waals surface area contributed by atoms with Crippen LogP contribution in [-0.4, -0.2) is 47.3 Å². The minimum absolute atomic E-state index is 0.349. The summed E-state index contributed by atoms with van der Waals surface area (Å²) in [4.78, 5) is 10.5. The lowest BCUT2D eigenvalue weighted by atomic mass is 10.2. The number of aromatic nitrogens is 2. The first kappa shape index (κ1) is 13.7. The normalized spacial score (nSPS) is 16.8. The number of likely N-dealkylation sites (tertiary alicyclic amines) is 1. The van der Waals surface area contributed by atoms with Crippen LogP contribution in [-0.2, 0) is 0 Å². The van der Waals surface area contributed by atoms with E-state index in [9.17, 15) is 0 Å². The van der Waals surface area contributed by atoms with Gasteiger partial charge in [0.05, 0.1) is 5.56 Å². The van der Waals surface area contributed by atoms with Gasteiger partial charge >= 0.3 is 0 Å². The number of nitrogens with zero attached hydrogens (tertiary/aromatic N) is 3. The predicted molar refractivity (Wildman–Crippen MR) is 77.7 cm³/mol. The third-order valence-corrected chi connectivity index (χ3v) is 3.48. The van der Waals surface area contributed by atoms with Crippen molar-refractivity contribution in [3.8, 4) is 0 Å². The average molecular weight is 262 g/mol. The Morgan fingerprint density at radius 1 is 1.26 bits per heavy atom. The molecule has 1 aromatic rings. The molecule has 0 aliphatic carbocycles. The van der Waals surface area contributed by atoms with Crippen LogP contribution >= 0.6 is 0 Å². The molecule has 0 saturated carbocycles. The van der Waals surface area contributed by atoms with Gasteiger partial charge in [0.2, 0.25) is 0 Å². The lowest BCUT2D eigenvalue weighted by Gasteiger charge is -2.20. The van der Waals surface area contributed by atoms with Crippen molar-refractivity contribution in [1.29, 1.82) is 5.41 Å². The third kappa shape index (κ3) is 3.89. The Bertz CT molecular complexity index is 412. The van der Waals surface area contributed by atoms with E-state index in [1.54, 1.807) is 0 Å². The SMILES string of the molecule is N=Cc1c(N)ncnc1NCCN1CCCCCC1. The lowest BCUT2D eigenvalue weighted by Crippen LogP contribution is -2.30. The van der Waals surface area contributed by atoms with Crippen molar-refractivity contribution in [2.75, 3.05) is 37.2 Å². The smallest absolute Gasteiger partial charge is 0.140 e. The molecule has 1 aliphatic rings. The summed E-state index contributed by atoms with van der Waals surface area (Å²) in [6, 6.07) is 0. The molecule has 0 atom stereocenters. The Hall–Kier alpha value is -1.69. The van der Waals surface area contributed by atoms with E-state index in [-0.39, 0.29) is 0 Å². The van der Waals surface area contributed by atoms with Crippen LogP contribution in [0.1, 0.15) is 31.2 Å². The van der Waals surface area contributed by atoms with Gasteiger partial charge in [0.25, 0.3) is 0 Å². The molecule has 0 bridgehead atoms. The van der Waals surface area contributed by atoms with Gasteiger partial charge in [-0.2, -0.15) is 0 Å². The first-order chi connectivity index (χ1) is 9.31. The van der Waals surface area contributed by atoms with Crippen LogP contribution in [0.2, 0.25) is 0 Å². The molecule has 2 heterocycles. The molecule has 0 aromatic carbocycles. The van der Waals surface area contributed by atoms with Crippen molar-refractivity contribution >= 4 is 17.9 Å². The van der Waals surface area contributed by atoms with Crippen LogP contribution in [0.3, 0.4) is 0 Å². The first-order valence-corrected chi connectivity index (χ1v) is 6.88. The number of nitrogens with two attached hydrogens (primary N) is 1. The fourth-order valence-corrected chi connectivity index (χ4v) is 2.38. The minimum atomic E-state index is 0.349. The summed E-state index contributed by atoms with van der Waals surface area (Å²) in [5.74, 6) is 1.000. The monoisotopic (exact) mass is 262 g/mol. The van der Waals surface area contributed by atoms with Gasteiger partial charge in [-0.3, -0.25) is 0 Å². The van der Waals surface area contributed by atoms with Gasteiger partial charge in [-0.15, -0.1) is 0 Å². The molecule has 4 N–H and O–H groups in total. The van der Waals surface area contributed by atoms with E-state index >= 15 is 0 Å². The number of nitrogens with one attached hydrogen (secondary N) is 2. The zero-order chi connectivity index (χ0) is 13.5. The van der Waals surface area contributed by atoms with Crippen LogP contribution in [0.15, 0.2) is 6.33 Å². The highest BCUT2D eigenvalue weighted by molar-refractivity contribution is 5.89. The average Bonchev–Trinajstić information content (AvgIpc) is 2.68. The molecule has 0 unspecified atom stereocenters. The van der Waals surface area contributed by atoms with Crippen molar-refractivity contribution in [2.24, 2.45) is 0 Å². The Kier molecular flexibility index (Phi) is 5.09. The molecular formula is C13H22N6. The molecule has 104 valence electrons. The summed E-state index contributed by atoms with van der Waals surface area (Å²) < 4.78 is 0. The Morgan fingerprint density at radius 3 is 2.68 bits per heavy atom. The van der Waals surface area contributed by atoms with Gasteiger partial charge in [-0.05, 0) is 25.9 Å². The molecule has 1 saturated heterocycles. The number of anilines is 2. The zero-order valence-corrected chi connectivity index (χ0v) is 11.2. The predicted octanol–water partition coefficient (Wildman–Crippen LogP) is 1.34. The van der Waals surface area contributed by atoms with Gasteiger partial charge in [0.15, 0.2) is 0 Å². The van der Waals surface area contributed by atoms with Gasteiger partial charge in [0, 0.05) is 19.3 Å². The molecule has 19 heavy (non-hydrogen) atoms. The van der Waals surface area contributed by atoms with E-state index in [1.807, 2.05) is 0 Å². The number of hydrogen-bond donors (Lipinski definition) is 3. The van der Waals surface area contributed by atoms with E-state index in [0.29, 0.717) is 17.2 Å². The van der Waals surface area contributed by atoms with Crippen molar-refractivity contribution in [1.82, 2.24) is 14.9 Å². The van der Waals surface area contributed by atoms with Crippen molar-refractivity contribution in [2.45, 2.75) is 25.7 Å². The van der Waals surface area contributed by atoms with Crippen LogP contribution in [0.4, 0.5) is 11.6 Å². The molecule has 6 nitrogen and oxygen atoms in total. The van der Waals surface area contributed by atoms with Gasteiger partial charge < -0.3 is 21.4 Å². The second kappa shape index (κ2) is 7.04. The lowest BCUT2D eigenvalue weighted by molar-refractivity contribution is 0.296. The highest BCUT2D eigenvalue weighted by Gasteiger charge is 2.10. The Morgan fingerprint density at radius 2 is 2.00 bits per heavy atom. The quantitative estimate of drug-likeness (QED) is 0.697. The highest BCUT2D eigenvalue weighted by Crippen LogP contribution is 2.14. The van der Waals surface area contributed by atoms with E-state index in [4.69, 9.17) is 11.1 Å². The number of nitrogen functional groups attached to an aromatic ring is 1. The summed E-state index contributed by atoms with van der Waals surface area (Å²) in [5, 5.41) is 10.6. The second-order valence-electron chi connectivity index (χ2n) is 4.85. The Labute approximate surface area is 113 Å². The van der Waals surface area contributed by atoms with Crippen molar-refractivity contribution in [3.05, 3.63) is 11.9 Å². The fraction of sp³-hybridized carbons (Fsp3) is 0.615. The maximum atomic E-state index is 7.35. The summed E-state index contributed by atoms with van der Waals surface area (Å²) >= 11 is 0. The largest absolute Gasteiger partial charge is 0.383 e. The molecule has 0 radical (unpaired) electrons. The summed E-state index contributed by atoms with van der Waals surface area (Å²) in [6.45, 7) is 4.19. The third-order valence-electron chi connectivity index (χ3n) is 3.48. The molecule has 0 amide bonds. The summed E-state index contributed by atoms with van der Waals surface area (Å²) in [7, 11) is 0. The minimum Gasteiger partial charge on any atom is -0.383 e. The maximum absolute atomic E-state index is 7.35. The molecular weight excluding hydrogens is 240 g/mol. The first-order valence-electron chi connectivity index (χ1n) is 6.88. The van der Waals surface area contributed by atoms with Crippen LogP contribution in [0, 0.1) is 5.41 Å². The van der Waals surface area contributed by atoms with Crippen LogP contribution in [0.25, 0.3) is 0 Å². The molecule has 1 aromatic heterocycles. The van der Waals surface area contributed by atoms with E-state index in [0.717, 1.165) is 13.1 Å². The Balaban J connectivity index is 1.85. The maximum Gasteiger partial charge on any atom is 0.140 e. The number of rotatable bonds is 5. The van der Waals surface area contributed by atoms with Crippen molar-refractivity contribution < 1.29 is 0 Å². The molecule has 2 rings (SSSR count). The second-order valence-corrected chi connectivity index (χ2v) is 4.85. The van der Waals surface area contributed by atoms with Gasteiger partial charge in [-0.1, -0.05) is 12.8 Å². The molecule has 0 spiro atoms. The van der Waals surface area contributed by atoms with Crippen molar-refractivity contribution in [3.63, 3.8) is 0 Å². The standard InChI is InChI=1S/C13H22N6/c14-9-11-12(15)17-10-18-13(11)16-5-8-19-6-3-1-2-4-7-19/h9-10,14H,1-8H2,(H3,15,16,17,18).